The van der Waals surface area contributed by atoms with Crippen molar-refractivity contribution in [1.82, 2.24) is 0 Å². The van der Waals surface area contributed by atoms with Crippen LogP contribution in [0.25, 0.3) is 0 Å². The summed E-state index contributed by atoms with van der Waals surface area (Å²) in [5.41, 5.74) is -0.0718. The third-order valence-corrected chi connectivity index (χ3v) is 1.45. The molecule has 0 aromatic rings. The molecule has 0 heterocycles. The second-order valence-corrected chi connectivity index (χ2v) is 2.27. The maximum absolute atomic E-state index is 10.1. The number of thiocarbonyl (C=S) groups is 1. The lowest BCUT2D eigenvalue weighted by Gasteiger charge is -1.98. The lowest BCUT2D eigenvalue weighted by atomic mass is 10.1. The Morgan fingerprint density at radius 1 is 1.80 bits per heavy atom. The van der Waals surface area contributed by atoms with E-state index in [1.807, 2.05) is 0 Å². The first-order valence-electron chi connectivity index (χ1n) is 2.68. The van der Waals surface area contributed by atoms with Gasteiger partial charge in [0, 0.05) is 6.42 Å². The third kappa shape index (κ3) is 1.27. The van der Waals surface area contributed by atoms with Crippen molar-refractivity contribution in [3.05, 3.63) is 34.0 Å². The van der Waals surface area contributed by atoms with E-state index >= 15 is 0 Å². The minimum atomic E-state index is -0.508. The highest BCUT2D eigenvalue weighted by molar-refractivity contribution is 7.80. The Morgan fingerprint density at radius 2 is 2.50 bits per heavy atom. The van der Waals surface area contributed by atoms with E-state index in [1.54, 1.807) is 6.08 Å². The topological polar surface area (TPSA) is 43.1 Å². The van der Waals surface area contributed by atoms with Crippen molar-refractivity contribution in [2.75, 3.05) is 0 Å². The third-order valence-electron chi connectivity index (χ3n) is 1.09. The van der Waals surface area contributed by atoms with Crippen LogP contribution in [0.2, 0.25) is 0 Å². The summed E-state index contributed by atoms with van der Waals surface area (Å²) in [5, 5.41) is 10.1. The van der Waals surface area contributed by atoms with Crippen molar-refractivity contribution < 1.29 is 4.92 Å². The Hall–Kier alpha value is -1.03. The largest absolute Gasteiger partial charge is 0.291 e. The molecule has 0 fully saturated rings. The van der Waals surface area contributed by atoms with E-state index < -0.39 is 4.92 Å². The van der Waals surface area contributed by atoms with Gasteiger partial charge in [0.2, 0.25) is 0 Å². The molecule has 0 amide bonds. The summed E-state index contributed by atoms with van der Waals surface area (Å²) in [5.74, 6) is 0. The zero-order valence-electron chi connectivity index (χ0n) is 5.03. The molecule has 0 unspecified atom stereocenters. The molecule has 1 aliphatic rings. The predicted molar refractivity (Wildman–Crippen MR) is 40.1 cm³/mol. The van der Waals surface area contributed by atoms with Crippen LogP contribution in [0.15, 0.2) is 17.8 Å². The minimum absolute atomic E-state index is 0.0718. The monoisotopic (exact) mass is 154 g/mol. The normalized spacial score (nSPS) is 16.8. The molecule has 0 aromatic heterocycles. The van der Waals surface area contributed by atoms with Crippen LogP contribution in [0, 0.1) is 16.2 Å². The van der Waals surface area contributed by atoms with E-state index in [-0.39, 0.29) is 5.70 Å². The number of hydrogen-bond donors (Lipinski definition) is 0. The second-order valence-electron chi connectivity index (χ2n) is 1.78. The Labute approximate surface area is 63.2 Å². The summed E-state index contributed by atoms with van der Waals surface area (Å²) in [6.07, 6.45) is 6.22. The molecule has 51 valence electrons. The molecule has 0 bridgehead atoms. The Kier molecular flexibility index (Phi) is 1.91. The average molecular weight is 154 g/mol. The summed E-state index contributed by atoms with van der Waals surface area (Å²) in [6, 6.07) is 0. The van der Waals surface area contributed by atoms with E-state index in [1.165, 1.54) is 6.08 Å². The first kappa shape index (κ1) is 7.08. The maximum Gasteiger partial charge on any atom is 0.291 e. The molecule has 1 rings (SSSR count). The van der Waals surface area contributed by atoms with Crippen molar-refractivity contribution >= 4 is 17.1 Å². The molecule has 10 heavy (non-hydrogen) atoms. The van der Waals surface area contributed by atoms with Gasteiger partial charge < -0.3 is 0 Å². The van der Waals surface area contributed by atoms with Gasteiger partial charge in [-0.05, 0) is 0 Å². The molecule has 0 N–H and O–H groups in total. The van der Waals surface area contributed by atoms with E-state index in [4.69, 9.17) is 12.2 Å². The fraction of sp³-hybridized carbons (Fsp3) is 0.167. The number of hydrogen-bond acceptors (Lipinski definition) is 3. The summed E-state index contributed by atoms with van der Waals surface area (Å²) in [4.78, 5) is 10.00. The van der Waals surface area contributed by atoms with Gasteiger partial charge in [-0.15, -0.1) is 0 Å². The van der Waals surface area contributed by atoms with Crippen LogP contribution < -0.4 is 0 Å². The predicted octanol–water partition coefficient (Wildman–Crippen LogP) is 1.28. The van der Waals surface area contributed by atoms with Crippen LogP contribution >= 0.6 is 12.2 Å². The van der Waals surface area contributed by atoms with Crippen molar-refractivity contribution in [3.8, 4) is 0 Å². The number of rotatable bonds is 1. The van der Waals surface area contributed by atoms with E-state index in [9.17, 15) is 10.1 Å². The van der Waals surface area contributed by atoms with Gasteiger partial charge in [-0.3, -0.25) is 10.1 Å². The van der Waals surface area contributed by atoms with Gasteiger partial charge in [0.25, 0.3) is 5.70 Å². The Bertz CT molecular complexity index is 242. The fourth-order valence-electron chi connectivity index (χ4n) is 0.636. The zero-order chi connectivity index (χ0) is 7.56. The average Bonchev–Trinajstić information content (AvgIpc) is 1.88. The number of nitro groups is 1. The first-order valence-corrected chi connectivity index (χ1v) is 3.08. The number of allylic oxidation sites excluding steroid dienone is 4. The van der Waals surface area contributed by atoms with Gasteiger partial charge in [-0.2, -0.15) is 0 Å². The van der Waals surface area contributed by atoms with E-state index in [0.29, 0.717) is 11.3 Å². The van der Waals surface area contributed by atoms with E-state index in [0.717, 1.165) is 0 Å². The van der Waals surface area contributed by atoms with Crippen LogP contribution in [0.3, 0.4) is 0 Å². The van der Waals surface area contributed by atoms with Gasteiger partial charge in [0.05, 0.1) is 15.9 Å². The molecule has 0 saturated carbocycles. The zero-order valence-corrected chi connectivity index (χ0v) is 5.85. The highest BCUT2D eigenvalue weighted by atomic mass is 32.1. The molecule has 0 aromatic carbocycles. The van der Waals surface area contributed by atoms with Crippen LogP contribution in [0.4, 0.5) is 0 Å². The van der Waals surface area contributed by atoms with Crippen LogP contribution in [-0.4, -0.2) is 9.79 Å². The maximum atomic E-state index is 10.1. The van der Waals surface area contributed by atoms with E-state index in [2.05, 4.69) is 6.08 Å². The summed E-state index contributed by atoms with van der Waals surface area (Å²) in [6.45, 7) is 0. The molecule has 0 saturated heterocycles. The minimum Gasteiger partial charge on any atom is -0.258 e. The first-order chi connectivity index (χ1) is 4.72. The summed E-state index contributed by atoms with van der Waals surface area (Å²) < 4.78 is 0. The summed E-state index contributed by atoms with van der Waals surface area (Å²) in [7, 11) is 0. The van der Waals surface area contributed by atoms with Gasteiger partial charge in [0.1, 0.15) is 0 Å². The molecule has 1 radical (unpaired) electrons. The fourth-order valence-corrected chi connectivity index (χ4v) is 0.865. The Balaban J connectivity index is 2.91. The van der Waals surface area contributed by atoms with Gasteiger partial charge in [0.15, 0.2) is 0 Å². The Morgan fingerprint density at radius 3 is 2.90 bits per heavy atom. The standard InChI is InChI=1S/C6H4NO2S/c8-7(9)5-3-1-2-4-6(5)10/h1-2H,4H2. The molecule has 1 aliphatic carbocycles. The van der Waals surface area contributed by atoms with Crippen molar-refractivity contribution in [2.45, 2.75) is 6.42 Å². The number of nitrogens with zero attached hydrogens (tertiary/aromatic N) is 1. The van der Waals surface area contributed by atoms with Gasteiger partial charge in [-0.1, -0.05) is 24.4 Å². The van der Waals surface area contributed by atoms with Crippen molar-refractivity contribution in [1.29, 1.82) is 0 Å². The summed E-state index contributed by atoms with van der Waals surface area (Å²) >= 11 is 4.71. The lowest BCUT2D eigenvalue weighted by molar-refractivity contribution is -0.415. The molecule has 3 nitrogen and oxygen atoms in total. The molecule has 4 heteroatoms. The smallest absolute Gasteiger partial charge is 0.258 e. The molecule has 0 spiro atoms. The van der Waals surface area contributed by atoms with Gasteiger partial charge in [-0.25, -0.2) is 0 Å². The molecule has 0 aliphatic heterocycles. The highest BCUT2D eigenvalue weighted by Crippen LogP contribution is 2.08. The quantitative estimate of drug-likeness (QED) is 0.324. The lowest BCUT2D eigenvalue weighted by Crippen LogP contribution is -2.10. The van der Waals surface area contributed by atoms with Crippen molar-refractivity contribution in [3.63, 3.8) is 0 Å². The SMILES string of the molecule is O=[N+]([O-])C1=[C]C=CCC1=S. The molecule has 0 atom stereocenters. The molecular formula is C6H4NO2S. The molecular weight excluding hydrogens is 150 g/mol. The van der Waals surface area contributed by atoms with Crippen LogP contribution in [0.1, 0.15) is 6.42 Å². The van der Waals surface area contributed by atoms with Gasteiger partial charge >= 0.3 is 0 Å². The highest BCUT2D eigenvalue weighted by Gasteiger charge is 2.17. The van der Waals surface area contributed by atoms with Crippen LogP contribution in [0.5, 0.6) is 0 Å². The second kappa shape index (κ2) is 2.70. The van der Waals surface area contributed by atoms with Crippen molar-refractivity contribution in [2.24, 2.45) is 0 Å². The van der Waals surface area contributed by atoms with Crippen LogP contribution in [-0.2, 0) is 0 Å².